The van der Waals surface area contributed by atoms with Crippen molar-refractivity contribution in [1.29, 1.82) is 0 Å². The maximum absolute atomic E-state index is 4.42. The van der Waals surface area contributed by atoms with E-state index < -0.39 is 0 Å². The van der Waals surface area contributed by atoms with Gasteiger partial charge in [-0.2, -0.15) is 5.10 Å². The lowest BCUT2D eigenvalue weighted by Crippen LogP contribution is -2.14. The number of fused-ring (bicyclic) bond motifs is 1. The molecule has 6 nitrogen and oxygen atoms in total. The van der Waals surface area contributed by atoms with Gasteiger partial charge in [0, 0.05) is 18.1 Å². The van der Waals surface area contributed by atoms with Crippen molar-refractivity contribution in [3.8, 4) is 0 Å². The lowest BCUT2D eigenvalue weighted by atomic mass is 10.3. The summed E-state index contributed by atoms with van der Waals surface area (Å²) in [5.41, 5.74) is 2.14. The minimum Gasteiger partial charge on any atom is -0.311 e. The molecule has 21 heavy (non-hydrogen) atoms. The van der Waals surface area contributed by atoms with E-state index in [9.17, 15) is 0 Å². The van der Waals surface area contributed by atoms with Crippen LogP contribution in [0.25, 0.3) is 10.9 Å². The summed E-state index contributed by atoms with van der Waals surface area (Å²) in [5, 5.41) is 17.2. The number of nitrogens with one attached hydrogen (secondary N) is 1. The maximum Gasteiger partial charge on any atom is 0.0964 e. The van der Waals surface area contributed by atoms with Gasteiger partial charge in [0.2, 0.25) is 0 Å². The average molecular weight is 284 g/mol. The third kappa shape index (κ3) is 3.28. The van der Waals surface area contributed by atoms with Crippen molar-refractivity contribution >= 4 is 10.9 Å². The summed E-state index contributed by atoms with van der Waals surface area (Å²) < 4.78 is 3.88. The van der Waals surface area contributed by atoms with Crippen molar-refractivity contribution in [3.05, 3.63) is 42.4 Å². The Morgan fingerprint density at radius 3 is 3.00 bits per heavy atom. The predicted octanol–water partition coefficient (Wildman–Crippen LogP) is 1.83. The highest BCUT2D eigenvalue weighted by Gasteiger charge is 2.03. The summed E-state index contributed by atoms with van der Waals surface area (Å²) in [7, 11) is 0. The Bertz CT molecular complexity index is 699. The van der Waals surface area contributed by atoms with Gasteiger partial charge >= 0.3 is 0 Å². The summed E-state index contributed by atoms with van der Waals surface area (Å²) in [5.74, 6) is 0. The molecule has 0 aliphatic heterocycles. The molecule has 0 unspecified atom stereocenters. The van der Waals surface area contributed by atoms with E-state index in [1.54, 1.807) is 0 Å². The molecule has 0 bridgehead atoms. The van der Waals surface area contributed by atoms with E-state index in [1.165, 1.54) is 5.39 Å². The third-order valence-electron chi connectivity index (χ3n) is 3.41. The van der Waals surface area contributed by atoms with Crippen molar-refractivity contribution in [2.45, 2.75) is 33.0 Å². The van der Waals surface area contributed by atoms with Crippen LogP contribution in [-0.4, -0.2) is 31.3 Å². The highest BCUT2D eigenvalue weighted by atomic mass is 15.4. The smallest absolute Gasteiger partial charge is 0.0964 e. The largest absolute Gasteiger partial charge is 0.311 e. The Kier molecular flexibility index (Phi) is 4.25. The number of hydrogen-bond donors (Lipinski definition) is 1. The maximum atomic E-state index is 4.42. The molecule has 3 rings (SSSR count). The molecule has 0 saturated carbocycles. The second-order valence-electron chi connectivity index (χ2n) is 5.08. The Balaban J connectivity index is 1.60. The fourth-order valence-corrected chi connectivity index (χ4v) is 2.32. The second kappa shape index (κ2) is 6.49. The van der Waals surface area contributed by atoms with E-state index in [-0.39, 0.29) is 0 Å². The summed E-state index contributed by atoms with van der Waals surface area (Å²) in [6.45, 7) is 5.49. The zero-order chi connectivity index (χ0) is 14.5. The zero-order valence-electron chi connectivity index (χ0n) is 12.2. The van der Waals surface area contributed by atoms with E-state index in [0.717, 1.165) is 43.8 Å². The molecule has 0 aliphatic rings. The first kappa shape index (κ1) is 13.8. The first-order valence-corrected chi connectivity index (χ1v) is 7.37. The Morgan fingerprint density at radius 2 is 2.10 bits per heavy atom. The standard InChI is InChI=1S/C15H20N6/c1-2-7-16-11-14-12-20(19-18-14)8-9-21-15-6-4-3-5-13(15)10-17-21/h3-6,10,12,16H,2,7-9,11H2,1H3. The number of benzene rings is 1. The second-order valence-corrected chi connectivity index (χ2v) is 5.08. The number of rotatable bonds is 7. The van der Waals surface area contributed by atoms with Crippen LogP contribution < -0.4 is 5.32 Å². The molecule has 0 amide bonds. The molecule has 0 aliphatic carbocycles. The van der Waals surface area contributed by atoms with E-state index in [1.807, 2.05) is 33.9 Å². The summed E-state index contributed by atoms with van der Waals surface area (Å²) in [6.07, 6.45) is 5.02. The summed E-state index contributed by atoms with van der Waals surface area (Å²) in [4.78, 5) is 0. The van der Waals surface area contributed by atoms with Crippen LogP contribution in [-0.2, 0) is 19.6 Å². The van der Waals surface area contributed by atoms with E-state index in [2.05, 4.69) is 39.8 Å². The van der Waals surface area contributed by atoms with Gasteiger partial charge in [0.25, 0.3) is 0 Å². The minimum absolute atomic E-state index is 0.770. The normalized spacial score (nSPS) is 11.3. The molecule has 2 aromatic heterocycles. The first-order valence-electron chi connectivity index (χ1n) is 7.37. The van der Waals surface area contributed by atoms with Gasteiger partial charge in [0.1, 0.15) is 0 Å². The molecule has 0 atom stereocenters. The Hall–Kier alpha value is -2.21. The van der Waals surface area contributed by atoms with Crippen LogP contribution in [0.2, 0.25) is 0 Å². The molecule has 6 heteroatoms. The van der Waals surface area contributed by atoms with E-state index >= 15 is 0 Å². The summed E-state index contributed by atoms with van der Waals surface area (Å²) >= 11 is 0. The van der Waals surface area contributed by atoms with Crippen LogP contribution in [0.5, 0.6) is 0 Å². The molecule has 0 radical (unpaired) electrons. The van der Waals surface area contributed by atoms with Crippen molar-refractivity contribution in [1.82, 2.24) is 30.1 Å². The molecule has 0 fully saturated rings. The van der Waals surface area contributed by atoms with Crippen LogP contribution in [0.15, 0.2) is 36.7 Å². The molecule has 3 aromatic rings. The van der Waals surface area contributed by atoms with Gasteiger partial charge in [-0.05, 0) is 19.0 Å². The number of hydrogen-bond acceptors (Lipinski definition) is 4. The lowest BCUT2D eigenvalue weighted by molar-refractivity contribution is 0.499. The van der Waals surface area contributed by atoms with Crippen LogP contribution in [0.4, 0.5) is 0 Å². The minimum atomic E-state index is 0.770. The van der Waals surface area contributed by atoms with Gasteiger partial charge in [-0.1, -0.05) is 30.3 Å². The van der Waals surface area contributed by atoms with Crippen molar-refractivity contribution in [2.24, 2.45) is 0 Å². The SMILES string of the molecule is CCCNCc1cn(CCn2ncc3ccccc32)nn1. The van der Waals surface area contributed by atoms with Crippen molar-refractivity contribution in [3.63, 3.8) is 0 Å². The van der Waals surface area contributed by atoms with Crippen molar-refractivity contribution < 1.29 is 0 Å². The van der Waals surface area contributed by atoms with Gasteiger partial charge in [-0.15, -0.1) is 5.10 Å². The lowest BCUT2D eigenvalue weighted by Gasteiger charge is -2.03. The molecule has 2 heterocycles. The molecule has 1 N–H and O–H groups in total. The van der Waals surface area contributed by atoms with Crippen LogP contribution in [0, 0.1) is 0 Å². The van der Waals surface area contributed by atoms with Crippen molar-refractivity contribution in [2.75, 3.05) is 6.54 Å². The van der Waals surface area contributed by atoms with Gasteiger partial charge in [0.05, 0.1) is 30.5 Å². The van der Waals surface area contributed by atoms with Crippen LogP contribution in [0.3, 0.4) is 0 Å². The zero-order valence-corrected chi connectivity index (χ0v) is 12.2. The number of para-hydroxylation sites is 1. The van der Waals surface area contributed by atoms with E-state index in [4.69, 9.17) is 0 Å². The highest BCUT2D eigenvalue weighted by molar-refractivity contribution is 5.78. The molecular formula is C15H20N6. The van der Waals surface area contributed by atoms with Gasteiger partial charge < -0.3 is 5.32 Å². The fraction of sp³-hybridized carbons (Fsp3) is 0.400. The highest BCUT2D eigenvalue weighted by Crippen LogP contribution is 2.12. The molecule has 1 aromatic carbocycles. The van der Waals surface area contributed by atoms with Gasteiger partial charge in [0.15, 0.2) is 0 Å². The molecule has 0 spiro atoms. The Morgan fingerprint density at radius 1 is 1.19 bits per heavy atom. The summed E-state index contributed by atoms with van der Waals surface area (Å²) in [6, 6.07) is 8.23. The predicted molar refractivity (Wildman–Crippen MR) is 81.8 cm³/mol. The molecule has 0 saturated heterocycles. The molecular weight excluding hydrogens is 264 g/mol. The number of nitrogens with zero attached hydrogens (tertiary/aromatic N) is 5. The monoisotopic (exact) mass is 284 g/mol. The Labute approximate surface area is 123 Å². The first-order chi connectivity index (χ1) is 10.4. The quantitative estimate of drug-likeness (QED) is 0.672. The van der Waals surface area contributed by atoms with Crippen LogP contribution >= 0.6 is 0 Å². The van der Waals surface area contributed by atoms with Gasteiger partial charge in [-0.3, -0.25) is 9.36 Å². The third-order valence-corrected chi connectivity index (χ3v) is 3.41. The number of aromatic nitrogens is 5. The van der Waals surface area contributed by atoms with E-state index in [0.29, 0.717) is 0 Å². The van der Waals surface area contributed by atoms with Crippen LogP contribution in [0.1, 0.15) is 19.0 Å². The fourth-order valence-electron chi connectivity index (χ4n) is 2.32. The van der Waals surface area contributed by atoms with Gasteiger partial charge in [-0.25, -0.2) is 0 Å². The molecule has 110 valence electrons. The average Bonchev–Trinajstić information content (AvgIpc) is 3.12. The topological polar surface area (TPSA) is 60.6 Å². The number of aryl methyl sites for hydroxylation is 2.